The van der Waals surface area contributed by atoms with Crippen LogP contribution in [0.25, 0.3) is 21.0 Å². The first-order chi connectivity index (χ1) is 13.4. The molecule has 2 aromatic heterocycles. The third kappa shape index (κ3) is 3.34. The van der Waals surface area contributed by atoms with Crippen molar-refractivity contribution >= 4 is 38.8 Å². The second-order valence-corrected chi connectivity index (χ2v) is 7.32. The predicted molar refractivity (Wildman–Crippen MR) is 106 cm³/mol. The quantitative estimate of drug-likeness (QED) is 0.515. The van der Waals surface area contributed by atoms with Crippen molar-refractivity contribution in [2.75, 3.05) is 24.3 Å². The third-order valence-electron chi connectivity index (χ3n) is 4.06. The first-order valence-corrected chi connectivity index (χ1v) is 9.17. The number of benzene rings is 2. The van der Waals surface area contributed by atoms with E-state index in [1.165, 1.54) is 36.4 Å². The second-order valence-electron chi connectivity index (χ2n) is 6.29. The number of aromatic nitrogens is 1. The van der Waals surface area contributed by atoms with Gasteiger partial charge in [0.15, 0.2) is 28.2 Å². The van der Waals surface area contributed by atoms with Crippen LogP contribution in [0.5, 0.6) is 0 Å². The van der Waals surface area contributed by atoms with Gasteiger partial charge in [-0.3, -0.25) is 4.79 Å². The van der Waals surface area contributed by atoms with Crippen molar-refractivity contribution in [2.45, 2.75) is 0 Å². The van der Waals surface area contributed by atoms with E-state index in [2.05, 4.69) is 10.3 Å². The maximum Gasteiger partial charge on any atom is 0.291 e. The van der Waals surface area contributed by atoms with Crippen molar-refractivity contribution in [3.63, 3.8) is 0 Å². The number of hydrogen-bond donors (Lipinski definition) is 1. The van der Waals surface area contributed by atoms with Crippen molar-refractivity contribution in [3.8, 4) is 10.8 Å². The fourth-order valence-electron chi connectivity index (χ4n) is 2.81. The number of nitrogens with one attached hydrogen (secondary N) is 1. The minimum atomic E-state index is -0.769. The zero-order chi connectivity index (χ0) is 19.8. The molecule has 0 saturated heterocycles. The molecular weight excluding hydrogens is 384 g/mol. The largest absolute Gasteiger partial charge is 0.448 e. The van der Waals surface area contributed by atoms with Gasteiger partial charge in [-0.05, 0) is 36.4 Å². The van der Waals surface area contributed by atoms with Crippen LogP contribution in [0, 0.1) is 11.6 Å². The van der Waals surface area contributed by atoms with Crippen LogP contribution >= 0.6 is 11.3 Å². The normalized spacial score (nSPS) is 11.0. The molecular formula is C20H15F2N3O2S. The molecule has 0 radical (unpaired) electrons. The highest BCUT2D eigenvalue weighted by atomic mass is 32.1. The maximum atomic E-state index is 14.1. The molecule has 8 heteroatoms. The predicted octanol–water partition coefficient (Wildman–Crippen LogP) is 5.15. The Morgan fingerprint density at radius 2 is 1.82 bits per heavy atom. The Morgan fingerprint density at radius 1 is 1.11 bits per heavy atom. The molecule has 0 bridgehead atoms. The molecule has 2 aromatic carbocycles. The average Bonchev–Trinajstić information content (AvgIpc) is 3.27. The molecule has 0 aliphatic heterocycles. The van der Waals surface area contributed by atoms with Crippen LogP contribution in [0.4, 0.5) is 20.2 Å². The van der Waals surface area contributed by atoms with Crippen LogP contribution in [-0.2, 0) is 0 Å². The average molecular weight is 399 g/mol. The van der Waals surface area contributed by atoms with Gasteiger partial charge < -0.3 is 14.6 Å². The highest BCUT2D eigenvalue weighted by Gasteiger charge is 2.18. The number of carbonyl (C=O) groups is 1. The summed E-state index contributed by atoms with van der Waals surface area (Å²) in [5, 5.41) is 3.10. The Morgan fingerprint density at radius 3 is 2.50 bits per heavy atom. The van der Waals surface area contributed by atoms with E-state index in [1.807, 2.05) is 24.3 Å². The topological polar surface area (TPSA) is 58.4 Å². The lowest BCUT2D eigenvalue weighted by Crippen LogP contribution is -2.15. The van der Waals surface area contributed by atoms with Gasteiger partial charge >= 0.3 is 0 Å². The zero-order valence-corrected chi connectivity index (χ0v) is 15.8. The van der Waals surface area contributed by atoms with Gasteiger partial charge in [-0.25, -0.2) is 13.8 Å². The summed E-state index contributed by atoms with van der Waals surface area (Å²) in [4.78, 5) is 18.2. The molecule has 1 amide bonds. The van der Waals surface area contributed by atoms with E-state index in [-0.39, 0.29) is 17.1 Å². The summed E-state index contributed by atoms with van der Waals surface area (Å²) >= 11 is 1.45. The first kappa shape index (κ1) is 18.1. The molecule has 0 unspecified atom stereocenters. The fraction of sp³-hybridized carbons (Fsp3) is 0.100. The minimum absolute atomic E-state index is 0.00328. The number of rotatable bonds is 4. The Labute approximate surface area is 163 Å². The van der Waals surface area contributed by atoms with E-state index in [9.17, 15) is 13.6 Å². The number of nitrogens with zero attached hydrogens (tertiary/aromatic N) is 2. The van der Waals surface area contributed by atoms with Crippen LogP contribution in [0.15, 0.2) is 52.9 Å². The number of carbonyl (C=O) groups excluding carboxylic acids is 1. The highest BCUT2D eigenvalue weighted by molar-refractivity contribution is 7.21. The van der Waals surface area contributed by atoms with Crippen molar-refractivity contribution in [3.05, 3.63) is 65.9 Å². The summed E-state index contributed by atoms with van der Waals surface area (Å²) in [6, 6.07) is 12.9. The summed E-state index contributed by atoms with van der Waals surface area (Å²) in [5.74, 6) is -1.67. The molecule has 2 heterocycles. The molecule has 142 valence electrons. The van der Waals surface area contributed by atoms with Crippen molar-refractivity contribution in [1.82, 2.24) is 4.98 Å². The molecule has 5 nitrogen and oxygen atoms in total. The number of fused-ring (bicyclic) bond motifs is 1. The van der Waals surface area contributed by atoms with E-state index in [4.69, 9.17) is 4.42 Å². The molecule has 1 N–H and O–H groups in total. The molecule has 4 aromatic rings. The number of para-hydroxylation sites is 1. The van der Waals surface area contributed by atoms with E-state index in [1.54, 1.807) is 6.07 Å². The van der Waals surface area contributed by atoms with Crippen molar-refractivity contribution in [1.29, 1.82) is 0 Å². The maximum absolute atomic E-state index is 14.1. The van der Waals surface area contributed by atoms with Gasteiger partial charge in [0, 0.05) is 19.8 Å². The molecule has 4 rings (SSSR count). The number of halogens is 2. The second kappa shape index (κ2) is 7.05. The van der Waals surface area contributed by atoms with Crippen LogP contribution in [0.1, 0.15) is 10.6 Å². The summed E-state index contributed by atoms with van der Waals surface area (Å²) in [7, 11) is 3.07. The van der Waals surface area contributed by atoms with Crippen LogP contribution in [-0.4, -0.2) is 25.0 Å². The summed E-state index contributed by atoms with van der Waals surface area (Å²) in [6.45, 7) is 0. The first-order valence-electron chi connectivity index (χ1n) is 8.36. The van der Waals surface area contributed by atoms with E-state index < -0.39 is 17.5 Å². The van der Waals surface area contributed by atoms with Crippen molar-refractivity contribution < 1.29 is 18.0 Å². The molecule has 0 saturated carbocycles. The standard InChI is InChI=1S/C20H15F2N3O2S/c1-25(2)18-12(21)9-11(10-13(18)22)23-19(26)15-7-8-16(27-15)20-24-14-5-3-4-6-17(14)28-20/h3-10H,1-2H3,(H,23,26). The smallest absolute Gasteiger partial charge is 0.291 e. The van der Waals surface area contributed by atoms with Crippen molar-refractivity contribution in [2.24, 2.45) is 0 Å². The Bertz CT molecular complexity index is 1130. The lowest BCUT2D eigenvalue weighted by Gasteiger charge is -2.15. The molecule has 0 fully saturated rings. The third-order valence-corrected chi connectivity index (χ3v) is 5.11. The van der Waals surface area contributed by atoms with Gasteiger partial charge in [-0.15, -0.1) is 11.3 Å². The van der Waals surface area contributed by atoms with Gasteiger partial charge in [0.2, 0.25) is 0 Å². The lowest BCUT2D eigenvalue weighted by atomic mass is 10.2. The summed E-state index contributed by atoms with van der Waals surface area (Å²) < 4.78 is 34.8. The number of hydrogen-bond acceptors (Lipinski definition) is 5. The summed E-state index contributed by atoms with van der Waals surface area (Å²) in [6.07, 6.45) is 0. The minimum Gasteiger partial charge on any atom is -0.448 e. The molecule has 0 spiro atoms. The van der Waals surface area contributed by atoms with Gasteiger partial charge in [-0.2, -0.15) is 0 Å². The lowest BCUT2D eigenvalue weighted by molar-refractivity contribution is 0.0997. The van der Waals surface area contributed by atoms with Crippen LogP contribution < -0.4 is 10.2 Å². The molecule has 0 atom stereocenters. The number of thiazole rings is 1. The highest BCUT2D eigenvalue weighted by Crippen LogP contribution is 2.31. The Kier molecular flexibility index (Phi) is 4.56. The van der Waals surface area contributed by atoms with Crippen LogP contribution in [0.2, 0.25) is 0 Å². The number of anilines is 2. The molecule has 0 aliphatic rings. The van der Waals surface area contributed by atoms with Gasteiger partial charge in [0.25, 0.3) is 5.91 Å². The van der Waals surface area contributed by atoms with E-state index >= 15 is 0 Å². The van der Waals surface area contributed by atoms with Crippen LogP contribution in [0.3, 0.4) is 0 Å². The fourth-order valence-corrected chi connectivity index (χ4v) is 3.74. The van der Waals surface area contributed by atoms with E-state index in [0.29, 0.717) is 10.8 Å². The Balaban J connectivity index is 1.56. The molecule has 28 heavy (non-hydrogen) atoms. The zero-order valence-electron chi connectivity index (χ0n) is 15.0. The van der Waals surface area contributed by atoms with Gasteiger partial charge in [0.1, 0.15) is 5.69 Å². The van der Waals surface area contributed by atoms with Gasteiger partial charge in [-0.1, -0.05) is 12.1 Å². The Hall–Kier alpha value is -3.26. The SMILES string of the molecule is CN(C)c1c(F)cc(NC(=O)c2ccc(-c3nc4ccccc4s3)o2)cc1F. The monoisotopic (exact) mass is 399 g/mol. The number of amides is 1. The van der Waals surface area contributed by atoms with E-state index in [0.717, 1.165) is 22.3 Å². The number of furan rings is 1. The summed E-state index contributed by atoms with van der Waals surface area (Å²) in [5.41, 5.74) is 0.675. The molecule has 0 aliphatic carbocycles. The van der Waals surface area contributed by atoms with Gasteiger partial charge in [0.05, 0.1) is 10.2 Å².